The van der Waals surface area contributed by atoms with Crippen molar-refractivity contribution in [3.05, 3.63) is 29.8 Å². The van der Waals surface area contributed by atoms with Crippen molar-refractivity contribution in [2.75, 3.05) is 19.8 Å². The third kappa shape index (κ3) is 4.69. The minimum Gasteiger partial charge on any atom is -0.381 e. The summed E-state index contributed by atoms with van der Waals surface area (Å²) in [5.41, 5.74) is 0.798. The first kappa shape index (κ1) is 16.7. The van der Waals surface area contributed by atoms with E-state index < -0.39 is 10.0 Å². The zero-order valence-electron chi connectivity index (χ0n) is 12.4. The van der Waals surface area contributed by atoms with Crippen molar-refractivity contribution in [1.29, 1.82) is 0 Å². The Kier molecular flexibility index (Phi) is 5.38. The molecule has 0 aromatic heterocycles. The molecule has 0 radical (unpaired) electrons. The Morgan fingerprint density at radius 2 is 2.09 bits per heavy atom. The number of nitrogens with two attached hydrogens (primary N) is 1. The van der Waals surface area contributed by atoms with Gasteiger partial charge in [-0.3, -0.25) is 0 Å². The Hall–Kier alpha value is -1.64. The van der Waals surface area contributed by atoms with Crippen molar-refractivity contribution in [2.24, 2.45) is 11.1 Å². The molecule has 0 unspecified atom stereocenters. The van der Waals surface area contributed by atoms with Crippen LogP contribution in [0, 0.1) is 5.92 Å². The highest BCUT2D eigenvalue weighted by Crippen LogP contribution is 2.15. The molecule has 1 aromatic rings. The summed E-state index contributed by atoms with van der Waals surface area (Å²) in [7, 11) is -3.70. The number of hydrogen-bond donors (Lipinski definition) is 3. The van der Waals surface area contributed by atoms with Gasteiger partial charge < -0.3 is 15.4 Å². The van der Waals surface area contributed by atoms with Crippen LogP contribution in [0.3, 0.4) is 0 Å². The summed E-state index contributed by atoms with van der Waals surface area (Å²) >= 11 is 0. The average Bonchev–Trinajstić information content (AvgIpc) is 2.97. The number of urea groups is 1. The molecule has 8 heteroatoms. The van der Waals surface area contributed by atoms with Crippen molar-refractivity contribution < 1.29 is 17.9 Å². The Morgan fingerprint density at radius 3 is 2.64 bits per heavy atom. The minimum absolute atomic E-state index is 0.0501. The molecule has 0 spiro atoms. The average molecular weight is 327 g/mol. The number of hydrogen-bond acceptors (Lipinski definition) is 4. The van der Waals surface area contributed by atoms with Crippen LogP contribution < -0.4 is 15.8 Å². The Labute approximate surface area is 130 Å². The van der Waals surface area contributed by atoms with E-state index in [4.69, 9.17) is 9.88 Å². The van der Waals surface area contributed by atoms with Crippen molar-refractivity contribution in [2.45, 2.75) is 24.3 Å². The van der Waals surface area contributed by atoms with E-state index in [1.54, 1.807) is 12.1 Å². The lowest BCUT2D eigenvalue weighted by atomic mass is 10.1. The van der Waals surface area contributed by atoms with Gasteiger partial charge in [-0.2, -0.15) is 0 Å². The summed E-state index contributed by atoms with van der Waals surface area (Å²) in [5.74, 6) is 0.370. The van der Waals surface area contributed by atoms with E-state index >= 15 is 0 Å². The second-order valence-electron chi connectivity index (χ2n) is 5.42. The Balaban J connectivity index is 1.85. The van der Waals surface area contributed by atoms with Gasteiger partial charge in [-0.25, -0.2) is 18.4 Å². The molecule has 122 valence electrons. The topological polar surface area (TPSA) is 111 Å². The lowest BCUT2D eigenvalue weighted by molar-refractivity contribution is 0.185. The normalized spacial score (nSPS) is 19.6. The third-order valence-corrected chi connectivity index (χ3v) is 4.56. The second kappa shape index (κ2) is 7.08. The maximum atomic E-state index is 11.8. The van der Waals surface area contributed by atoms with E-state index in [0.717, 1.165) is 18.6 Å². The highest BCUT2D eigenvalue weighted by molar-refractivity contribution is 7.89. The first-order chi connectivity index (χ1) is 10.4. The molecule has 4 N–H and O–H groups in total. The Bertz CT molecular complexity index is 609. The molecule has 0 bridgehead atoms. The number of rotatable bonds is 5. The summed E-state index contributed by atoms with van der Waals surface area (Å²) in [5, 5.41) is 10.7. The van der Waals surface area contributed by atoms with E-state index in [1.165, 1.54) is 12.1 Å². The van der Waals surface area contributed by atoms with Gasteiger partial charge >= 0.3 is 6.03 Å². The molecule has 1 heterocycles. The maximum Gasteiger partial charge on any atom is 0.315 e. The van der Waals surface area contributed by atoms with Gasteiger partial charge in [-0.1, -0.05) is 12.1 Å². The van der Waals surface area contributed by atoms with Crippen LogP contribution in [0.25, 0.3) is 0 Å². The van der Waals surface area contributed by atoms with Gasteiger partial charge in [-0.05, 0) is 31.0 Å². The number of nitrogens with one attached hydrogen (secondary N) is 2. The van der Waals surface area contributed by atoms with Gasteiger partial charge in [0.1, 0.15) is 0 Å². The Morgan fingerprint density at radius 1 is 1.41 bits per heavy atom. The quantitative estimate of drug-likeness (QED) is 0.740. The van der Waals surface area contributed by atoms with Crippen LogP contribution in [0.4, 0.5) is 4.79 Å². The molecular weight excluding hydrogens is 306 g/mol. The predicted octanol–water partition coefficient (Wildman–Crippen LogP) is 0.731. The molecule has 1 aliphatic heterocycles. The van der Waals surface area contributed by atoms with E-state index in [9.17, 15) is 13.2 Å². The minimum atomic E-state index is -3.70. The molecule has 1 aliphatic rings. The first-order valence-electron chi connectivity index (χ1n) is 7.11. The van der Waals surface area contributed by atoms with Gasteiger partial charge in [0.25, 0.3) is 0 Å². The van der Waals surface area contributed by atoms with Gasteiger partial charge in [0.05, 0.1) is 17.5 Å². The second-order valence-corrected chi connectivity index (χ2v) is 6.98. The third-order valence-electron chi connectivity index (χ3n) is 3.63. The van der Waals surface area contributed by atoms with Gasteiger partial charge in [-0.15, -0.1) is 0 Å². The number of carbonyl (C=O) groups excluding carboxylic acids is 1. The maximum absolute atomic E-state index is 11.8. The van der Waals surface area contributed by atoms with Crippen molar-refractivity contribution >= 4 is 16.1 Å². The fraction of sp³-hybridized carbons (Fsp3) is 0.500. The van der Waals surface area contributed by atoms with E-state index in [2.05, 4.69) is 10.6 Å². The van der Waals surface area contributed by atoms with Gasteiger partial charge in [0, 0.05) is 19.1 Å². The summed E-state index contributed by atoms with van der Waals surface area (Å²) in [6, 6.07) is 5.63. The predicted molar refractivity (Wildman–Crippen MR) is 81.7 cm³/mol. The molecule has 2 amide bonds. The van der Waals surface area contributed by atoms with Crippen molar-refractivity contribution in [3.8, 4) is 0 Å². The molecule has 1 aromatic carbocycles. The van der Waals surface area contributed by atoms with Crippen LogP contribution in [-0.4, -0.2) is 34.2 Å². The lowest BCUT2D eigenvalue weighted by Crippen LogP contribution is -2.39. The molecule has 2 rings (SSSR count). The molecule has 0 aliphatic carbocycles. The highest BCUT2D eigenvalue weighted by atomic mass is 32.2. The highest BCUT2D eigenvalue weighted by Gasteiger charge is 2.17. The van der Waals surface area contributed by atoms with Gasteiger partial charge in [0.2, 0.25) is 10.0 Å². The fourth-order valence-electron chi connectivity index (χ4n) is 2.26. The lowest BCUT2D eigenvalue weighted by Gasteiger charge is -2.16. The van der Waals surface area contributed by atoms with Crippen LogP contribution in [0.2, 0.25) is 0 Å². The van der Waals surface area contributed by atoms with Crippen LogP contribution in [-0.2, 0) is 14.8 Å². The zero-order chi connectivity index (χ0) is 16.2. The fourth-order valence-corrected chi connectivity index (χ4v) is 2.77. The number of carbonyl (C=O) groups is 1. The number of amides is 2. The van der Waals surface area contributed by atoms with E-state index in [0.29, 0.717) is 19.1 Å². The van der Waals surface area contributed by atoms with Crippen LogP contribution >= 0.6 is 0 Å². The molecule has 22 heavy (non-hydrogen) atoms. The van der Waals surface area contributed by atoms with E-state index in [-0.39, 0.29) is 17.0 Å². The molecule has 7 nitrogen and oxygen atoms in total. The van der Waals surface area contributed by atoms with Gasteiger partial charge in [0.15, 0.2) is 0 Å². The monoisotopic (exact) mass is 327 g/mol. The van der Waals surface area contributed by atoms with Crippen LogP contribution in [0.5, 0.6) is 0 Å². The molecule has 2 atom stereocenters. The molecule has 0 saturated carbocycles. The molecular formula is C14H21N3O4S. The summed E-state index contributed by atoms with van der Waals surface area (Å²) in [6.45, 7) is 3.85. The standard InChI is InChI=1S/C14H21N3O4S/c1-10(12-2-4-13(5-3-12)22(15,19)20)17-14(18)16-8-11-6-7-21-9-11/h2-5,10-11H,6-9H2,1H3,(H2,15,19,20)(H2,16,17,18)/t10-,11+/m1/s1. The van der Waals surface area contributed by atoms with Crippen molar-refractivity contribution in [1.82, 2.24) is 10.6 Å². The van der Waals surface area contributed by atoms with Crippen LogP contribution in [0.1, 0.15) is 24.9 Å². The molecule has 1 fully saturated rings. The summed E-state index contributed by atoms with van der Waals surface area (Å²) < 4.78 is 27.6. The number of benzene rings is 1. The summed E-state index contributed by atoms with van der Waals surface area (Å²) in [4.78, 5) is 11.9. The largest absolute Gasteiger partial charge is 0.381 e. The van der Waals surface area contributed by atoms with Crippen LogP contribution in [0.15, 0.2) is 29.2 Å². The first-order valence-corrected chi connectivity index (χ1v) is 8.66. The summed E-state index contributed by atoms with van der Waals surface area (Å²) in [6.07, 6.45) is 0.963. The molecule has 1 saturated heterocycles. The number of primary sulfonamides is 1. The zero-order valence-corrected chi connectivity index (χ0v) is 13.2. The smallest absolute Gasteiger partial charge is 0.315 e. The van der Waals surface area contributed by atoms with E-state index in [1.807, 2.05) is 6.92 Å². The number of ether oxygens (including phenoxy) is 1. The number of sulfonamides is 1. The SMILES string of the molecule is C[C@@H](NC(=O)NC[C@@H]1CCOC1)c1ccc(S(N)(=O)=O)cc1. The van der Waals surface area contributed by atoms with Crippen molar-refractivity contribution in [3.63, 3.8) is 0 Å².